The van der Waals surface area contributed by atoms with Gasteiger partial charge in [-0.05, 0) is 36.5 Å². The second kappa shape index (κ2) is 6.14. The summed E-state index contributed by atoms with van der Waals surface area (Å²) in [6.07, 6.45) is 0.118. The number of aliphatic hydroxyl groups is 1. The molecule has 1 saturated heterocycles. The number of benzene rings is 2. The van der Waals surface area contributed by atoms with Crippen molar-refractivity contribution in [1.29, 1.82) is 0 Å². The van der Waals surface area contributed by atoms with Crippen molar-refractivity contribution in [2.45, 2.75) is 32.0 Å². The summed E-state index contributed by atoms with van der Waals surface area (Å²) in [6, 6.07) is 18.4. The van der Waals surface area contributed by atoms with Crippen molar-refractivity contribution in [3.8, 4) is 11.1 Å². The maximum absolute atomic E-state index is 11.3. The number of nitrogens with one attached hydrogen (secondary N) is 1. The van der Waals surface area contributed by atoms with Gasteiger partial charge in [0.1, 0.15) is 11.6 Å². The van der Waals surface area contributed by atoms with E-state index >= 15 is 0 Å². The first-order valence-corrected chi connectivity index (χ1v) is 7.81. The molecule has 2 aromatic rings. The minimum absolute atomic E-state index is 0.0336. The fourth-order valence-electron chi connectivity index (χ4n) is 3.17. The molecule has 3 atom stereocenters. The lowest BCUT2D eigenvalue weighted by Gasteiger charge is -2.21. The summed E-state index contributed by atoms with van der Waals surface area (Å²) in [4.78, 5) is 11.3. The zero-order chi connectivity index (χ0) is 16.4. The molecule has 3 N–H and O–H groups in total. The maximum Gasteiger partial charge on any atom is 0.313 e. The van der Waals surface area contributed by atoms with Crippen molar-refractivity contribution >= 4 is 5.97 Å². The van der Waals surface area contributed by atoms with Crippen molar-refractivity contribution in [1.82, 2.24) is 5.32 Å². The van der Waals surface area contributed by atoms with Crippen LogP contribution in [0.15, 0.2) is 54.6 Å². The number of carbonyl (C=O) groups is 1. The molecule has 1 heterocycles. The van der Waals surface area contributed by atoms with Gasteiger partial charge in [0, 0.05) is 6.04 Å². The van der Waals surface area contributed by atoms with Gasteiger partial charge < -0.3 is 10.2 Å². The van der Waals surface area contributed by atoms with Crippen LogP contribution in [0.1, 0.15) is 18.9 Å². The van der Waals surface area contributed by atoms with Crippen LogP contribution in [0.2, 0.25) is 0 Å². The van der Waals surface area contributed by atoms with E-state index in [2.05, 4.69) is 41.7 Å². The fraction of sp³-hybridized carbons (Fsp3) is 0.316. The van der Waals surface area contributed by atoms with Crippen LogP contribution in [0.25, 0.3) is 11.1 Å². The first-order valence-electron chi connectivity index (χ1n) is 7.81. The van der Waals surface area contributed by atoms with Gasteiger partial charge in [-0.2, -0.15) is 0 Å². The number of aliphatic hydroxyl groups excluding tert-OH is 1. The van der Waals surface area contributed by atoms with Gasteiger partial charge >= 0.3 is 5.97 Å². The van der Waals surface area contributed by atoms with Crippen molar-refractivity contribution in [3.63, 3.8) is 0 Å². The van der Waals surface area contributed by atoms with Gasteiger partial charge in [-0.1, -0.05) is 54.6 Å². The Hall–Kier alpha value is -2.17. The quantitative estimate of drug-likeness (QED) is 0.812. The summed E-state index contributed by atoms with van der Waals surface area (Å²) in [5, 5.41) is 22.3. The molecule has 0 saturated carbocycles. The summed E-state index contributed by atoms with van der Waals surface area (Å²) in [5.41, 5.74) is 2.34. The molecule has 23 heavy (non-hydrogen) atoms. The summed E-state index contributed by atoms with van der Waals surface area (Å²) < 4.78 is 0. The predicted molar refractivity (Wildman–Crippen MR) is 88.9 cm³/mol. The van der Waals surface area contributed by atoms with Crippen LogP contribution in [-0.2, 0) is 11.2 Å². The second-order valence-electron chi connectivity index (χ2n) is 6.46. The van der Waals surface area contributed by atoms with E-state index in [1.54, 1.807) is 6.92 Å². The fourth-order valence-corrected chi connectivity index (χ4v) is 3.17. The lowest BCUT2D eigenvalue weighted by atomic mass is 9.85. The zero-order valence-corrected chi connectivity index (χ0v) is 13.1. The highest BCUT2D eigenvalue weighted by molar-refractivity contribution is 5.75. The molecule has 0 aromatic heterocycles. The normalized spacial score (nSPS) is 27.0. The van der Waals surface area contributed by atoms with E-state index in [0.717, 1.165) is 11.1 Å². The summed E-state index contributed by atoms with van der Waals surface area (Å²) in [7, 11) is 0. The molecule has 3 unspecified atom stereocenters. The molecule has 120 valence electrons. The van der Waals surface area contributed by atoms with Gasteiger partial charge in [0.2, 0.25) is 0 Å². The Morgan fingerprint density at radius 1 is 1.13 bits per heavy atom. The minimum atomic E-state index is -1.12. The van der Waals surface area contributed by atoms with Gasteiger partial charge in [-0.15, -0.1) is 0 Å². The number of hydrogen-bond acceptors (Lipinski definition) is 3. The third kappa shape index (κ3) is 3.14. The highest BCUT2D eigenvalue weighted by Gasteiger charge is 2.48. The molecule has 1 aliphatic rings. The average molecular weight is 311 g/mol. The Kier molecular flexibility index (Phi) is 4.20. The van der Waals surface area contributed by atoms with E-state index in [1.165, 1.54) is 5.56 Å². The van der Waals surface area contributed by atoms with Crippen molar-refractivity contribution in [2.24, 2.45) is 5.41 Å². The molecule has 0 radical (unpaired) electrons. The lowest BCUT2D eigenvalue weighted by Crippen LogP contribution is -2.40. The Labute approximate surface area is 135 Å². The molecule has 3 rings (SSSR count). The topological polar surface area (TPSA) is 69.6 Å². The highest BCUT2D eigenvalue weighted by Crippen LogP contribution is 2.34. The van der Waals surface area contributed by atoms with Crippen LogP contribution in [0.5, 0.6) is 0 Å². The summed E-state index contributed by atoms with van der Waals surface area (Å²) >= 11 is 0. The molecular weight excluding hydrogens is 290 g/mol. The minimum Gasteiger partial charge on any atom is -0.481 e. The van der Waals surface area contributed by atoms with Gasteiger partial charge in [-0.3, -0.25) is 10.1 Å². The van der Waals surface area contributed by atoms with Crippen LogP contribution in [-0.4, -0.2) is 28.5 Å². The van der Waals surface area contributed by atoms with Crippen LogP contribution >= 0.6 is 0 Å². The largest absolute Gasteiger partial charge is 0.481 e. The van der Waals surface area contributed by atoms with E-state index in [-0.39, 0.29) is 6.04 Å². The third-order valence-electron chi connectivity index (χ3n) is 4.70. The van der Waals surface area contributed by atoms with E-state index in [0.29, 0.717) is 12.8 Å². The van der Waals surface area contributed by atoms with Crippen molar-refractivity contribution < 1.29 is 15.0 Å². The van der Waals surface area contributed by atoms with Crippen molar-refractivity contribution in [2.75, 3.05) is 0 Å². The highest BCUT2D eigenvalue weighted by atomic mass is 16.4. The van der Waals surface area contributed by atoms with Crippen LogP contribution < -0.4 is 5.32 Å². The molecule has 1 fully saturated rings. The first-order chi connectivity index (χ1) is 11.0. The van der Waals surface area contributed by atoms with Crippen LogP contribution in [0, 0.1) is 5.41 Å². The molecule has 0 spiro atoms. The number of carboxylic acids is 1. The van der Waals surface area contributed by atoms with E-state index < -0.39 is 17.6 Å². The Morgan fingerprint density at radius 3 is 2.30 bits per heavy atom. The number of rotatable bonds is 4. The van der Waals surface area contributed by atoms with Crippen LogP contribution in [0.3, 0.4) is 0 Å². The monoisotopic (exact) mass is 311 g/mol. The van der Waals surface area contributed by atoms with E-state index in [1.807, 2.05) is 18.2 Å². The van der Waals surface area contributed by atoms with Crippen LogP contribution in [0.4, 0.5) is 0 Å². The van der Waals surface area contributed by atoms with Gasteiger partial charge in [0.25, 0.3) is 0 Å². The summed E-state index contributed by atoms with van der Waals surface area (Å²) in [5.74, 6) is -0.959. The SMILES string of the molecule is CC1(C(=O)O)CC(Cc2ccc(-c3ccccc3)cc2)NC1O. The van der Waals surface area contributed by atoms with Gasteiger partial charge in [0.05, 0.1) is 0 Å². The summed E-state index contributed by atoms with van der Waals surface area (Å²) in [6.45, 7) is 1.59. The second-order valence-corrected chi connectivity index (χ2v) is 6.46. The Bertz CT molecular complexity index is 684. The van der Waals surface area contributed by atoms with E-state index in [4.69, 9.17) is 0 Å². The standard InChI is InChI=1S/C19H21NO3/c1-19(18(22)23)12-16(20-17(19)21)11-13-7-9-15(10-8-13)14-5-3-2-4-6-14/h2-10,16-17,20-21H,11-12H2,1H3,(H,22,23). The molecule has 0 aliphatic carbocycles. The first kappa shape index (κ1) is 15.7. The smallest absolute Gasteiger partial charge is 0.313 e. The Balaban J connectivity index is 1.69. The maximum atomic E-state index is 11.3. The predicted octanol–water partition coefficient (Wildman–Crippen LogP) is 2.67. The van der Waals surface area contributed by atoms with Gasteiger partial charge in [0.15, 0.2) is 0 Å². The third-order valence-corrected chi connectivity index (χ3v) is 4.70. The molecule has 0 bridgehead atoms. The van der Waals surface area contributed by atoms with E-state index in [9.17, 15) is 15.0 Å². The molecule has 0 amide bonds. The number of carboxylic acid groups (broad SMARTS) is 1. The molecule has 4 nitrogen and oxygen atoms in total. The van der Waals surface area contributed by atoms with Crippen molar-refractivity contribution in [3.05, 3.63) is 60.2 Å². The number of aliphatic carboxylic acids is 1. The average Bonchev–Trinajstić information content (AvgIpc) is 2.84. The van der Waals surface area contributed by atoms with Gasteiger partial charge in [-0.25, -0.2) is 0 Å². The molecule has 1 aliphatic heterocycles. The number of hydrogen-bond donors (Lipinski definition) is 3. The zero-order valence-electron chi connectivity index (χ0n) is 13.1. The lowest BCUT2D eigenvalue weighted by molar-refractivity contribution is -0.153. The molecular formula is C19H21NO3. The molecule has 2 aromatic carbocycles. The molecule has 4 heteroatoms. The Morgan fingerprint density at radius 2 is 1.74 bits per heavy atom.